The van der Waals surface area contributed by atoms with E-state index in [0.717, 1.165) is 38.8 Å². The minimum Gasteiger partial charge on any atom is -0.366 e. The fourth-order valence-corrected chi connectivity index (χ4v) is 4.51. The van der Waals surface area contributed by atoms with Gasteiger partial charge in [0, 0.05) is 42.8 Å². The zero-order chi connectivity index (χ0) is 19.0. The van der Waals surface area contributed by atoms with Crippen molar-refractivity contribution < 1.29 is 9.72 Å². The molecule has 4 rings (SSSR count). The summed E-state index contributed by atoms with van der Waals surface area (Å²) in [6, 6.07) is 6.37. The summed E-state index contributed by atoms with van der Waals surface area (Å²) in [5.41, 5.74) is 1.04. The lowest BCUT2D eigenvalue weighted by Gasteiger charge is -2.39. The molecule has 2 aliphatic heterocycles. The molecule has 2 heterocycles. The minimum atomic E-state index is -0.363. The molecule has 1 atom stereocenters. The standard InChI is InChI=1S/C20H28N4O3/c1-14-3-2-10-23(14)17-8-11-22(12-9-17)18-7-4-15(13-19(18)24(26)27)20(25)21-16-5-6-16/h4,7,13-14,16-17H,2-3,5-6,8-12H2,1H3,(H,21,25). The van der Waals surface area contributed by atoms with Gasteiger partial charge >= 0.3 is 0 Å². The van der Waals surface area contributed by atoms with Crippen molar-refractivity contribution in [2.24, 2.45) is 0 Å². The van der Waals surface area contributed by atoms with Crippen molar-refractivity contribution in [3.05, 3.63) is 33.9 Å². The van der Waals surface area contributed by atoms with Gasteiger partial charge in [-0.25, -0.2) is 0 Å². The van der Waals surface area contributed by atoms with Crippen LogP contribution in [0.2, 0.25) is 0 Å². The molecule has 1 saturated carbocycles. The fourth-order valence-electron chi connectivity index (χ4n) is 4.51. The second-order valence-electron chi connectivity index (χ2n) is 8.16. The van der Waals surface area contributed by atoms with Crippen LogP contribution in [0.5, 0.6) is 0 Å². The SMILES string of the molecule is CC1CCCN1C1CCN(c2ccc(C(=O)NC3CC3)cc2[N+](=O)[O-])CC1. The van der Waals surface area contributed by atoms with Crippen LogP contribution in [0.4, 0.5) is 11.4 Å². The highest BCUT2D eigenvalue weighted by Gasteiger charge is 2.32. The average molecular weight is 372 g/mol. The van der Waals surface area contributed by atoms with E-state index in [1.165, 1.54) is 25.5 Å². The molecular formula is C20H28N4O3. The third-order valence-corrected chi connectivity index (χ3v) is 6.23. The number of benzene rings is 1. The maximum absolute atomic E-state index is 12.2. The first-order valence-electron chi connectivity index (χ1n) is 10.1. The summed E-state index contributed by atoms with van der Waals surface area (Å²) in [7, 11) is 0. The van der Waals surface area contributed by atoms with Gasteiger partial charge in [0.2, 0.25) is 0 Å². The largest absolute Gasteiger partial charge is 0.366 e. The first-order valence-corrected chi connectivity index (χ1v) is 10.1. The molecule has 7 heteroatoms. The molecule has 146 valence electrons. The topological polar surface area (TPSA) is 78.7 Å². The van der Waals surface area contributed by atoms with Gasteiger partial charge in [0.1, 0.15) is 5.69 Å². The third-order valence-electron chi connectivity index (χ3n) is 6.23. The number of nitro groups is 1. The van der Waals surface area contributed by atoms with Crippen molar-refractivity contribution in [1.29, 1.82) is 0 Å². The number of carbonyl (C=O) groups excluding carboxylic acids is 1. The lowest BCUT2D eigenvalue weighted by atomic mass is 10.0. The molecule has 7 nitrogen and oxygen atoms in total. The molecule has 3 fully saturated rings. The van der Waals surface area contributed by atoms with Gasteiger partial charge < -0.3 is 10.2 Å². The number of anilines is 1. The number of nitrogens with one attached hydrogen (secondary N) is 1. The van der Waals surface area contributed by atoms with E-state index in [2.05, 4.69) is 22.0 Å². The van der Waals surface area contributed by atoms with Gasteiger partial charge in [0.05, 0.1) is 4.92 Å². The van der Waals surface area contributed by atoms with Gasteiger partial charge in [-0.2, -0.15) is 0 Å². The summed E-state index contributed by atoms with van der Waals surface area (Å²) in [6.45, 7) is 5.12. The van der Waals surface area contributed by atoms with Gasteiger partial charge in [-0.05, 0) is 64.1 Å². The molecule has 0 spiro atoms. The molecule has 27 heavy (non-hydrogen) atoms. The number of rotatable bonds is 5. The maximum atomic E-state index is 12.2. The number of hydrogen-bond acceptors (Lipinski definition) is 5. The summed E-state index contributed by atoms with van der Waals surface area (Å²) < 4.78 is 0. The number of nitro benzene ring substituents is 1. The quantitative estimate of drug-likeness (QED) is 0.635. The van der Waals surface area contributed by atoms with Crippen molar-refractivity contribution >= 4 is 17.3 Å². The van der Waals surface area contributed by atoms with Crippen molar-refractivity contribution in [1.82, 2.24) is 10.2 Å². The van der Waals surface area contributed by atoms with E-state index in [9.17, 15) is 14.9 Å². The second-order valence-corrected chi connectivity index (χ2v) is 8.16. The normalized spacial score (nSPS) is 24.2. The van der Waals surface area contributed by atoms with Crippen LogP contribution in [0.25, 0.3) is 0 Å². The Labute approximate surface area is 159 Å². The molecular weight excluding hydrogens is 344 g/mol. The zero-order valence-electron chi connectivity index (χ0n) is 15.9. The van der Waals surface area contributed by atoms with Crippen LogP contribution < -0.4 is 10.2 Å². The van der Waals surface area contributed by atoms with Gasteiger partial charge in [0.15, 0.2) is 0 Å². The summed E-state index contributed by atoms with van der Waals surface area (Å²) in [5.74, 6) is -0.214. The second kappa shape index (κ2) is 7.46. The molecule has 2 saturated heterocycles. The molecule has 1 unspecified atom stereocenters. The molecule has 1 aromatic rings. The minimum absolute atomic E-state index is 0.0337. The first-order chi connectivity index (χ1) is 13.0. The van der Waals surface area contributed by atoms with E-state index in [1.807, 2.05) is 0 Å². The highest BCUT2D eigenvalue weighted by Crippen LogP contribution is 2.33. The Morgan fingerprint density at radius 2 is 1.89 bits per heavy atom. The molecule has 1 aromatic carbocycles. The van der Waals surface area contributed by atoms with Crippen LogP contribution in [-0.2, 0) is 0 Å². The Morgan fingerprint density at radius 1 is 1.15 bits per heavy atom. The zero-order valence-corrected chi connectivity index (χ0v) is 15.9. The highest BCUT2D eigenvalue weighted by molar-refractivity contribution is 5.96. The van der Waals surface area contributed by atoms with Crippen molar-refractivity contribution in [2.75, 3.05) is 24.5 Å². The Hall–Kier alpha value is -2.15. The van der Waals surface area contributed by atoms with Crippen LogP contribution >= 0.6 is 0 Å². The van der Waals surface area contributed by atoms with Crippen molar-refractivity contribution in [2.45, 2.75) is 63.6 Å². The summed E-state index contributed by atoms with van der Waals surface area (Å²) in [6.07, 6.45) is 6.61. The number of piperidine rings is 1. The number of amides is 1. The van der Waals surface area contributed by atoms with Crippen LogP contribution in [0.15, 0.2) is 18.2 Å². The van der Waals surface area contributed by atoms with E-state index in [0.29, 0.717) is 23.3 Å². The monoisotopic (exact) mass is 372 g/mol. The van der Waals surface area contributed by atoms with Gasteiger partial charge in [-0.1, -0.05) is 0 Å². The highest BCUT2D eigenvalue weighted by atomic mass is 16.6. The van der Waals surface area contributed by atoms with Crippen molar-refractivity contribution in [3.8, 4) is 0 Å². The predicted octanol–water partition coefficient (Wildman–Crippen LogP) is 2.94. The summed E-state index contributed by atoms with van der Waals surface area (Å²) in [5, 5.41) is 14.5. The Morgan fingerprint density at radius 3 is 2.48 bits per heavy atom. The Kier molecular flexibility index (Phi) is 5.04. The van der Waals surface area contributed by atoms with Crippen LogP contribution in [0.1, 0.15) is 55.8 Å². The van der Waals surface area contributed by atoms with Gasteiger partial charge in [-0.3, -0.25) is 19.8 Å². The number of carbonyl (C=O) groups is 1. The lowest BCUT2D eigenvalue weighted by molar-refractivity contribution is -0.384. The van der Waals surface area contributed by atoms with Crippen LogP contribution in [0.3, 0.4) is 0 Å². The predicted molar refractivity (Wildman–Crippen MR) is 104 cm³/mol. The molecule has 0 radical (unpaired) electrons. The Balaban J connectivity index is 1.46. The average Bonchev–Trinajstić information content (AvgIpc) is 3.39. The van der Waals surface area contributed by atoms with E-state index in [4.69, 9.17) is 0 Å². The summed E-state index contributed by atoms with van der Waals surface area (Å²) in [4.78, 5) is 28.2. The van der Waals surface area contributed by atoms with Gasteiger partial charge in [-0.15, -0.1) is 0 Å². The van der Waals surface area contributed by atoms with E-state index < -0.39 is 0 Å². The molecule has 1 aliphatic carbocycles. The smallest absolute Gasteiger partial charge is 0.293 e. The fraction of sp³-hybridized carbons (Fsp3) is 0.650. The molecule has 0 bridgehead atoms. The molecule has 3 aliphatic rings. The summed E-state index contributed by atoms with van der Waals surface area (Å²) >= 11 is 0. The van der Waals surface area contributed by atoms with Gasteiger partial charge in [0.25, 0.3) is 11.6 Å². The number of likely N-dealkylation sites (tertiary alicyclic amines) is 1. The van der Waals surface area contributed by atoms with Crippen molar-refractivity contribution in [3.63, 3.8) is 0 Å². The Bertz CT molecular complexity index is 726. The van der Waals surface area contributed by atoms with E-state index in [-0.39, 0.29) is 22.6 Å². The first kappa shape index (κ1) is 18.2. The van der Waals surface area contributed by atoms with Crippen LogP contribution in [-0.4, -0.2) is 53.5 Å². The molecule has 1 N–H and O–H groups in total. The van der Waals surface area contributed by atoms with E-state index >= 15 is 0 Å². The third kappa shape index (κ3) is 3.93. The number of nitrogens with zero attached hydrogens (tertiary/aromatic N) is 3. The van der Waals surface area contributed by atoms with E-state index in [1.54, 1.807) is 12.1 Å². The van der Waals surface area contributed by atoms with Crippen LogP contribution in [0, 0.1) is 10.1 Å². The molecule has 0 aromatic heterocycles. The maximum Gasteiger partial charge on any atom is 0.293 e. The number of hydrogen-bond donors (Lipinski definition) is 1. The molecule has 1 amide bonds. The lowest BCUT2D eigenvalue weighted by Crippen LogP contribution is -2.46.